The van der Waals surface area contributed by atoms with E-state index in [2.05, 4.69) is 4.98 Å². The summed E-state index contributed by atoms with van der Waals surface area (Å²) in [4.78, 5) is 20.6. The second-order valence-corrected chi connectivity index (χ2v) is 6.06. The van der Waals surface area contributed by atoms with Crippen LogP contribution in [-0.2, 0) is 9.53 Å². The molecule has 1 aliphatic rings. The van der Waals surface area contributed by atoms with Crippen molar-refractivity contribution in [2.45, 2.75) is 13.2 Å². The van der Waals surface area contributed by atoms with E-state index in [9.17, 15) is 4.79 Å². The van der Waals surface area contributed by atoms with Gasteiger partial charge in [0.05, 0.1) is 11.4 Å². The molecule has 3 aromatic rings. The summed E-state index contributed by atoms with van der Waals surface area (Å²) < 4.78 is 7.30. The highest BCUT2D eigenvalue weighted by molar-refractivity contribution is 6.31. The zero-order chi connectivity index (χ0) is 17.4. The Kier molecular flexibility index (Phi) is 3.86. The number of carbonyl (C=O) groups is 1. The third-order valence-corrected chi connectivity index (χ3v) is 4.17. The fourth-order valence-electron chi connectivity index (χ4n) is 2.92. The number of nitrogens with zero attached hydrogens (tertiary/aromatic N) is 3. The summed E-state index contributed by atoms with van der Waals surface area (Å²) in [5.41, 5.74) is 3.35. The number of aliphatic imine (C=N–C) groups is 1. The molecule has 0 amide bonds. The maximum absolute atomic E-state index is 11.6. The average molecular weight is 352 g/mol. The first-order valence-electron chi connectivity index (χ1n) is 7.77. The third kappa shape index (κ3) is 2.83. The van der Waals surface area contributed by atoms with Gasteiger partial charge in [-0.2, -0.15) is 0 Å². The number of hydrogen-bond donors (Lipinski definition) is 0. The summed E-state index contributed by atoms with van der Waals surface area (Å²) in [7, 11) is 0. The van der Waals surface area contributed by atoms with Gasteiger partial charge in [0.25, 0.3) is 6.23 Å². The molecule has 1 atom stereocenters. The number of halogens is 1. The monoisotopic (exact) mass is 351 g/mol. The van der Waals surface area contributed by atoms with Gasteiger partial charge in [-0.15, -0.1) is 0 Å². The number of fused-ring (bicyclic) bond motifs is 3. The first-order valence-corrected chi connectivity index (χ1v) is 8.15. The van der Waals surface area contributed by atoms with Gasteiger partial charge >= 0.3 is 5.97 Å². The molecule has 5 nitrogen and oxygen atoms in total. The van der Waals surface area contributed by atoms with Crippen molar-refractivity contribution in [3.05, 3.63) is 82.9 Å². The molecular formula is C19H14ClN3O2. The van der Waals surface area contributed by atoms with Gasteiger partial charge in [-0.25, -0.2) is 9.98 Å². The first-order chi connectivity index (χ1) is 12.1. The number of imidazole rings is 1. The quantitative estimate of drug-likeness (QED) is 0.657. The van der Waals surface area contributed by atoms with Crippen LogP contribution in [0.4, 0.5) is 0 Å². The Bertz CT molecular complexity index is 979. The van der Waals surface area contributed by atoms with Gasteiger partial charge < -0.3 is 4.74 Å². The largest absolute Gasteiger partial charge is 0.432 e. The Balaban J connectivity index is 2.00. The van der Waals surface area contributed by atoms with Crippen molar-refractivity contribution in [1.29, 1.82) is 0 Å². The lowest BCUT2D eigenvalue weighted by molar-refractivity contribution is -0.146. The molecule has 0 aliphatic carbocycles. The Morgan fingerprint density at radius 2 is 2.00 bits per heavy atom. The first kappa shape index (κ1) is 15.6. The Morgan fingerprint density at radius 3 is 2.76 bits per heavy atom. The molecule has 2 heterocycles. The molecule has 1 aliphatic heterocycles. The normalized spacial score (nSPS) is 15.6. The van der Waals surface area contributed by atoms with Gasteiger partial charge in [-0.05, 0) is 18.2 Å². The van der Waals surface area contributed by atoms with E-state index in [4.69, 9.17) is 21.3 Å². The number of carbonyl (C=O) groups excluding carboxylic acids is 1. The van der Waals surface area contributed by atoms with Crippen LogP contribution in [0.2, 0.25) is 5.02 Å². The molecule has 0 bridgehead atoms. The second kappa shape index (κ2) is 6.18. The van der Waals surface area contributed by atoms with Gasteiger partial charge in [-0.1, -0.05) is 41.9 Å². The Labute approximate surface area is 149 Å². The van der Waals surface area contributed by atoms with Crippen LogP contribution in [0, 0.1) is 0 Å². The van der Waals surface area contributed by atoms with E-state index in [0.717, 1.165) is 16.8 Å². The van der Waals surface area contributed by atoms with Crippen molar-refractivity contribution in [2.75, 3.05) is 0 Å². The summed E-state index contributed by atoms with van der Waals surface area (Å²) in [6.45, 7) is 1.36. The minimum absolute atomic E-state index is 0.417. The molecule has 25 heavy (non-hydrogen) atoms. The maximum Gasteiger partial charge on any atom is 0.304 e. The number of aromatic nitrogens is 2. The predicted molar refractivity (Wildman–Crippen MR) is 95.2 cm³/mol. The van der Waals surface area contributed by atoms with E-state index < -0.39 is 12.2 Å². The standard InChI is InChI=1S/C19H14ClN3O2/c1-12(24)25-19-18-21-9-10-23(18)16-8-7-14(20)11-15(16)17(22-19)13-5-3-2-4-6-13/h2-11,19H,1H3. The number of rotatable bonds is 2. The topological polar surface area (TPSA) is 56.5 Å². The van der Waals surface area contributed by atoms with E-state index >= 15 is 0 Å². The smallest absolute Gasteiger partial charge is 0.304 e. The Morgan fingerprint density at radius 1 is 1.20 bits per heavy atom. The van der Waals surface area contributed by atoms with E-state index in [1.807, 2.05) is 59.3 Å². The van der Waals surface area contributed by atoms with Crippen molar-refractivity contribution < 1.29 is 9.53 Å². The molecule has 1 unspecified atom stereocenters. The highest BCUT2D eigenvalue weighted by Crippen LogP contribution is 2.32. The number of benzene rings is 2. The average Bonchev–Trinajstić information content (AvgIpc) is 3.04. The minimum Gasteiger partial charge on any atom is -0.432 e. The summed E-state index contributed by atoms with van der Waals surface area (Å²) >= 11 is 6.24. The van der Waals surface area contributed by atoms with Gasteiger partial charge in [0.1, 0.15) is 0 Å². The lowest BCUT2D eigenvalue weighted by atomic mass is 10.0. The van der Waals surface area contributed by atoms with Crippen LogP contribution in [0.1, 0.15) is 30.1 Å². The highest BCUT2D eigenvalue weighted by atomic mass is 35.5. The molecule has 1 aromatic heterocycles. The second-order valence-electron chi connectivity index (χ2n) is 5.62. The lowest BCUT2D eigenvalue weighted by Gasteiger charge is -2.12. The minimum atomic E-state index is -0.825. The van der Waals surface area contributed by atoms with E-state index in [-0.39, 0.29) is 0 Å². The highest BCUT2D eigenvalue weighted by Gasteiger charge is 2.27. The molecule has 6 heteroatoms. The van der Waals surface area contributed by atoms with E-state index in [1.165, 1.54) is 6.92 Å². The van der Waals surface area contributed by atoms with Crippen LogP contribution in [0.5, 0.6) is 0 Å². The molecular weight excluding hydrogens is 338 g/mol. The SMILES string of the molecule is CC(=O)OC1N=C(c2ccccc2)c2cc(Cl)ccc2-n2ccnc21. The van der Waals surface area contributed by atoms with Crippen molar-refractivity contribution >= 4 is 23.3 Å². The molecule has 0 spiro atoms. The number of ether oxygens (including phenoxy) is 1. The third-order valence-electron chi connectivity index (χ3n) is 3.93. The summed E-state index contributed by atoms with van der Waals surface area (Å²) in [6.07, 6.45) is 2.66. The van der Waals surface area contributed by atoms with Gasteiger partial charge in [-0.3, -0.25) is 9.36 Å². The summed E-state index contributed by atoms with van der Waals surface area (Å²) in [5.74, 6) is 0.129. The molecule has 0 fully saturated rings. The van der Waals surface area contributed by atoms with E-state index in [0.29, 0.717) is 16.6 Å². The fourth-order valence-corrected chi connectivity index (χ4v) is 3.09. The zero-order valence-corrected chi connectivity index (χ0v) is 14.1. The van der Waals surface area contributed by atoms with Crippen LogP contribution in [0.25, 0.3) is 5.69 Å². The summed E-state index contributed by atoms with van der Waals surface area (Å²) in [6, 6.07) is 15.3. The van der Waals surface area contributed by atoms with Gasteiger partial charge in [0.2, 0.25) is 0 Å². The fraction of sp³-hybridized carbons (Fsp3) is 0.105. The lowest BCUT2D eigenvalue weighted by Crippen LogP contribution is -2.11. The van der Waals surface area contributed by atoms with Crippen molar-refractivity contribution in [1.82, 2.24) is 9.55 Å². The van der Waals surface area contributed by atoms with Crippen molar-refractivity contribution in [3.63, 3.8) is 0 Å². The van der Waals surface area contributed by atoms with Crippen LogP contribution in [0.15, 0.2) is 65.9 Å². The van der Waals surface area contributed by atoms with Crippen molar-refractivity contribution in [2.24, 2.45) is 4.99 Å². The van der Waals surface area contributed by atoms with Crippen molar-refractivity contribution in [3.8, 4) is 5.69 Å². The van der Waals surface area contributed by atoms with E-state index in [1.54, 1.807) is 6.20 Å². The number of esters is 1. The molecule has 124 valence electrons. The molecule has 2 aromatic carbocycles. The van der Waals surface area contributed by atoms with Crippen LogP contribution < -0.4 is 0 Å². The molecule has 0 saturated heterocycles. The maximum atomic E-state index is 11.6. The Hall–Kier alpha value is -2.92. The predicted octanol–water partition coefficient (Wildman–Crippen LogP) is 3.94. The molecule has 4 rings (SSSR count). The van der Waals surface area contributed by atoms with Crippen LogP contribution in [0.3, 0.4) is 0 Å². The van der Waals surface area contributed by atoms with Gasteiger partial charge in [0, 0.05) is 35.5 Å². The van der Waals surface area contributed by atoms with Crippen LogP contribution >= 0.6 is 11.6 Å². The zero-order valence-electron chi connectivity index (χ0n) is 13.4. The van der Waals surface area contributed by atoms with Crippen LogP contribution in [-0.4, -0.2) is 21.2 Å². The summed E-state index contributed by atoms with van der Waals surface area (Å²) in [5, 5.41) is 0.606. The van der Waals surface area contributed by atoms with Gasteiger partial charge in [0.15, 0.2) is 5.82 Å². The number of hydrogen-bond acceptors (Lipinski definition) is 4. The molecule has 0 N–H and O–H groups in total. The molecule has 0 saturated carbocycles. The molecule has 0 radical (unpaired) electrons.